The molecule has 2 N–H and O–H groups in total. The Morgan fingerprint density at radius 2 is 1.54 bits per heavy atom. The molecule has 8 nitrogen and oxygen atoms in total. The molecular weight excluding hydrogens is 474 g/mol. The van der Waals surface area contributed by atoms with Crippen molar-refractivity contribution in [3.63, 3.8) is 0 Å². The minimum absolute atomic E-state index is 0.0530. The zero-order chi connectivity index (χ0) is 27.3. The Morgan fingerprint density at radius 1 is 0.892 bits per heavy atom. The fourth-order valence-corrected chi connectivity index (χ4v) is 3.13. The van der Waals surface area contributed by atoms with Crippen LogP contribution in [0.3, 0.4) is 0 Å². The third-order valence-corrected chi connectivity index (χ3v) is 4.59. The third-order valence-electron chi connectivity index (χ3n) is 4.59. The van der Waals surface area contributed by atoms with Gasteiger partial charge in [-0.25, -0.2) is 4.79 Å². The highest BCUT2D eigenvalue weighted by atomic mass is 16.6. The van der Waals surface area contributed by atoms with Crippen LogP contribution < -0.4 is 5.32 Å². The van der Waals surface area contributed by atoms with Gasteiger partial charge in [-0.05, 0) is 55.7 Å². The van der Waals surface area contributed by atoms with E-state index in [9.17, 15) is 14.4 Å². The molecule has 0 unspecified atom stereocenters. The van der Waals surface area contributed by atoms with Crippen molar-refractivity contribution < 1.29 is 33.7 Å². The molecule has 194 valence electrons. The lowest BCUT2D eigenvalue weighted by Crippen LogP contribution is -2.32. The van der Waals surface area contributed by atoms with Crippen LogP contribution in [0.15, 0.2) is 42.5 Å². The number of aliphatic hydroxyl groups excluding tert-OH is 1. The van der Waals surface area contributed by atoms with E-state index >= 15 is 0 Å². The van der Waals surface area contributed by atoms with Crippen LogP contribution in [0.1, 0.15) is 48.6 Å². The maximum atomic E-state index is 12.3. The van der Waals surface area contributed by atoms with Crippen molar-refractivity contribution in [1.82, 2.24) is 5.32 Å². The van der Waals surface area contributed by atoms with Crippen LogP contribution in [0.25, 0.3) is 0 Å². The van der Waals surface area contributed by atoms with E-state index in [2.05, 4.69) is 29.0 Å². The lowest BCUT2D eigenvalue weighted by molar-refractivity contribution is -0.141. The molecule has 0 aliphatic carbocycles. The summed E-state index contributed by atoms with van der Waals surface area (Å²) in [5, 5.41) is 11.6. The summed E-state index contributed by atoms with van der Waals surface area (Å²) in [7, 11) is 1.31. The fourth-order valence-electron chi connectivity index (χ4n) is 3.13. The van der Waals surface area contributed by atoms with Crippen LogP contribution in [0.4, 0.5) is 4.79 Å². The van der Waals surface area contributed by atoms with Crippen molar-refractivity contribution in [2.75, 3.05) is 20.3 Å². The second-order valence-corrected chi connectivity index (χ2v) is 8.95. The van der Waals surface area contributed by atoms with Crippen LogP contribution in [0, 0.1) is 23.7 Å². The van der Waals surface area contributed by atoms with Gasteiger partial charge in [-0.3, -0.25) is 9.59 Å². The van der Waals surface area contributed by atoms with E-state index in [4.69, 9.17) is 19.3 Å². The molecule has 8 heteroatoms. The molecule has 0 fully saturated rings. The van der Waals surface area contributed by atoms with E-state index in [-0.39, 0.29) is 32.6 Å². The lowest BCUT2D eigenvalue weighted by atomic mass is 10.0. The normalized spacial score (nSPS) is 10.2. The molecule has 1 amide bonds. The van der Waals surface area contributed by atoms with Crippen molar-refractivity contribution in [1.29, 1.82) is 0 Å². The molecule has 2 aromatic carbocycles. The van der Waals surface area contributed by atoms with E-state index in [1.54, 1.807) is 51.1 Å². The zero-order valence-corrected chi connectivity index (χ0v) is 21.5. The number of amides is 1. The first kappa shape index (κ1) is 29.0. The van der Waals surface area contributed by atoms with Crippen molar-refractivity contribution in [2.45, 2.75) is 45.8 Å². The first-order chi connectivity index (χ1) is 17.6. The van der Waals surface area contributed by atoms with Gasteiger partial charge in [0.15, 0.2) is 6.61 Å². The van der Waals surface area contributed by atoms with Gasteiger partial charge in [-0.1, -0.05) is 47.9 Å². The summed E-state index contributed by atoms with van der Waals surface area (Å²) in [6.07, 6.45) is -0.405. The number of nitrogens with one attached hydrogen (secondary N) is 1. The first-order valence-electron chi connectivity index (χ1n) is 11.6. The van der Waals surface area contributed by atoms with Gasteiger partial charge in [0.05, 0.1) is 20.0 Å². The van der Waals surface area contributed by atoms with Crippen LogP contribution in [-0.4, -0.2) is 49.1 Å². The van der Waals surface area contributed by atoms with Gasteiger partial charge in [0.1, 0.15) is 12.2 Å². The maximum absolute atomic E-state index is 12.3. The third kappa shape index (κ3) is 11.8. The summed E-state index contributed by atoms with van der Waals surface area (Å²) in [5.41, 5.74) is 2.83. The number of carbonyl (C=O) groups excluding carboxylic acids is 3. The predicted molar refractivity (Wildman–Crippen MR) is 137 cm³/mol. The van der Waals surface area contributed by atoms with Gasteiger partial charge in [0.25, 0.3) is 0 Å². The Hall–Kier alpha value is -4.27. The Kier molecular flexibility index (Phi) is 11.2. The predicted octanol–water partition coefficient (Wildman–Crippen LogP) is 2.91. The van der Waals surface area contributed by atoms with E-state index in [1.807, 2.05) is 12.1 Å². The summed E-state index contributed by atoms with van der Waals surface area (Å²) >= 11 is 0. The minimum atomic E-state index is -0.583. The number of ether oxygens (including phenoxy) is 3. The summed E-state index contributed by atoms with van der Waals surface area (Å²) in [6.45, 7) is 5.23. The summed E-state index contributed by atoms with van der Waals surface area (Å²) in [5.74, 6) is 10.2. The lowest BCUT2D eigenvalue weighted by Gasteiger charge is -2.19. The Balaban J connectivity index is 1.94. The molecule has 37 heavy (non-hydrogen) atoms. The van der Waals surface area contributed by atoms with Crippen LogP contribution >= 0.6 is 0 Å². The van der Waals surface area contributed by atoms with E-state index in [0.717, 1.165) is 11.1 Å². The molecule has 0 saturated heterocycles. The van der Waals surface area contributed by atoms with E-state index in [1.165, 1.54) is 7.11 Å². The molecule has 2 rings (SSSR count). The molecule has 0 saturated carbocycles. The van der Waals surface area contributed by atoms with Crippen LogP contribution in [0.2, 0.25) is 0 Å². The number of carbonyl (C=O) groups is 3. The molecule has 2 aromatic rings. The Morgan fingerprint density at radius 3 is 2.19 bits per heavy atom. The number of hydrogen-bond donors (Lipinski definition) is 2. The summed E-state index contributed by atoms with van der Waals surface area (Å²) in [6, 6.07) is 12.4. The SMILES string of the molecule is COC(=O)Cc1cc(C#CCO)cc(C#CCOC(=O)Cc2cccc(CNC(=O)OC(C)(C)C)c2)c1. The molecule has 0 aliphatic rings. The van der Waals surface area contributed by atoms with Gasteiger partial charge in [0, 0.05) is 17.7 Å². The highest BCUT2D eigenvalue weighted by molar-refractivity contribution is 5.73. The number of aliphatic hydroxyl groups is 1. The second kappa shape index (κ2) is 14.3. The van der Waals surface area contributed by atoms with Crippen molar-refractivity contribution in [2.24, 2.45) is 0 Å². The van der Waals surface area contributed by atoms with Gasteiger partial charge in [0.2, 0.25) is 0 Å². The van der Waals surface area contributed by atoms with Crippen molar-refractivity contribution in [3.8, 4) is 23.7 Å². The number of alkyl carbamates (subject to hydrolysis) is 1. The van der Waals surface area contributed by atoms with Crippen LogP contribution in [-0.2, 0) is 43.2 Å². The van der Waals surface area contributed by atoms with Gasteiger partial charge in [-0.15, -0.1) is 0 Å². The fraction of sp³-hybridized carbons (Fsp3) is 0.345. The standard InChI is InChI=1S/C29H31NO7/c1-29(2,3)37-28(34)30-20-24-9-5-8-23(15-24)18-27(33)36-13-7-11-22-14-21(10-6-12-31)16-25(17-22)19-26(32)35-4/h5,8-9,14-17,31H,12-13,18-20H2,1-4H3,(H,30,34). The number of esters is 2. The van der Waals surface area contributed by atoms with Gasteiger partial charge < -0.3 is 24.6 Å². The minimum Gasteiger partial charge on any atom is -0.469 e. The average Bonchev–Trinajstić information content (AvgIpc) is 2.83. The quantitative estimate of drug-likeness (QED) is 0.338. The molecule has 0 heterocycles. The first-order valence-corrected chi connectivity index (χ1v) is 11.6. The largest absolute Gasteiger partial charge is 0.469 e. The summed E-state index contributed by atoms with van der Waals surface area (Å²) in [4.78, 5) is 35.7. The second-order valence-electron chi connectivity index (χ2n) is 8.95. The Labute approximate surface area is 217 Å². The van der Waals surface area contributed by atoms with Crippen molar-refractivity contribution >= 4 is 18.0 Å². The average molecular weight is 506 g/mol. The molecule has 0 atom stereocenters. The highest BCUT2D eigenvalue weighted by Gasteiger charge is 2.15. The van der Waals surface area contributed by atoms with Gasteiger partial charge in [-0.2, -0.15) is 0 Å². The number of rotatable bonds is 7. The summed E-state index contributed by atoms with van der Waals surface area (Å²) < 4.78 is 15.2. The number of hydrogen-bond acceptors (Lipinski definition) is 7. The number of benzene rings is 2. The molecule has 0 bridgehead atoms. The molecule has 0 radical (unpaired) electrons. The molecular formula is C29H31NO7. The highest BCUT2D eigenvalue weighted by Crippen LogP contribution is 2.11. The van der Waals surface area contributed by atoms with Crippen molar-refractivity contribution in [3.05, 3.63) is 70.3 Å². The smallest absolute Gasteiger partial charge is 0.407 e. The van der Waals surface area contributed by atoms with Gasteiger partial charge >= 0.3 is 18.0 Å². The van der Waals surface area contributed by atoms with Crippen LogP contribution in [0.5, 0.6) is 0 Å². The Bertz CT molecular complexity index is 1240. The van der Waals surface area contributed by atoms with E-state index < -0.39 is 23.6 Å². The monoisotopic (exact) mass is 505 g/mol. The maximum Gasteiger partial charge on any atom is 0.407 e. The molecule has 0 aromatic heterocycles. The molecule has 0 aliphatic heterocycles. The van der Waals surface area contributed by atoms with E-state index in [0.29, 0.717) is 16.7 Å². The zero-order valence-electron chi connectivity index (χ0n) is 21.5. The molecule has 0 spiro atoms. The topological polar surface area (TPSA) is 111 Å². The number of methoxy groups -OCH3 is 1.